The van der Waals surface area contributed by atoms with Crippen LogP contribution in [0, 0.1) is 0 Å². The van der Waals surface area contributed by atoms with Gasteiger partial charge in [0.1, 0.15) is 11.5 Å². The second kappa shape index (κ2) is 8.12. The van der Waals surface area contributed by atoms with Gasteiger partial charge in [0.2, 0.25) is 16.4 Å². The van der Waals surface area contributed by atoms with E-state index in [1.54, 1.807) is 19.2 Å². The number of H-pyrrole nitrogens is 1. The minimum Gasteiger partial charge on any atom is -0.346 e. The van der Waals surface area contributed by atoms with Gasteiger partial charge in [-0.15, -0.1) is 0 Å². The van der Waals surface area contributed by atoms with Crippen LogP contribution in [0.1, 0.15) is 31.7 Å². The SMILES string of the molecule is CCCS(=O)(=O)Nc1ccc(-c2cc(N(C=O)C3CC3)nc3[nH]ccc23)c(C(F)(F)F)c1. The Kier molecular flexibility index (Phi) is 5.61. The molecule has 11 heteroatoms. The summed E-state index contributed by atoms with van der Waals surface area (Å²) in [6.45, 7) is 1.66. The average molecular weight is 466 g/mol. The van der Waals surface area contributed by atoms with E-state index in [1.807, 2.05) is 0 Å². The van der Waals surface area contributed by atoms with Crippen molar-refractivity contribution in [1.29, 1.82) is 0 Å². The Balaban J connectivity index is 1.87. The number of pyridine rings is 1. The number of amides is 1. The van der Waals surface area contributed by atoms with Gasteiger partial charge in [-0.2, -0.15) is 13.2 Å². The molecule has 0 spiro atoms. The van der Waals surface area contributed by atoms with Crippen LogP contribution in [0.2, 0.25) is 0 Å². The molecular formula is C21H21F3N4O3S. The molecule has 1 amide bonds. The third kappa shape index (κ3) is 4.43. The molecule has 2 heterocycles. The normalized spacial score (nSPS) is 14.5. The average Bonchev–Trinajstić information content (AvgIpc) is 3.42. The van der Waals surface area contributed by atoms with E-state index in [9.17, 15) is 26.4 Å². The molecule has 0 unspecified atom stereocenters. The fourth-order valence-corrected chi connectivity index (χ4v) is 4.76. The highest BCUT2D eigenvalue weighted by Crippen LogP contribution is 2.42. The number of nitrogens with one attached hydrogen (secondary N) is 2. The number of sulfonamides is 1. The van der Waals surface area contributed by atoms with Crippen molar-refractivity contribution in [2.45, 2.75) is 38.4 Å². The number of hydrogen-bond donors (Lipinski definition) is 2. The molecule has 0 saturated heterocycles. The molecule has 2 N–H and O–H groups in total. The minimum absolute atomic E-state index is 0.0160. The van der Waals surface area contributed by atoms with Crippen LogP contribution >= 0.6 is 0 Å². The zero-order chi connectivity index (χ0) is 23.1. The molecule has 0 bridgehead atoms. The summed E-state index contributed by atoms with van der Waals surface area (Å²) in [6, 6.07) is 6.39. The first-order valence-corrected chi connectivity index (χ1v) is 11.7. The molecule has 1 aliphatic rings. The summed E-state index contributed by atoms with van der Waals surface area (Å²) in [4.78, 5) is 20.3. The fourth-order valence-electron chi connectivity index (χ4n) is 3.64. The van der Waals surface area contributed by atoms with Crippen molar-refractivity contribution in [2.24, 2.45) is 0 Å². The zero-order valence-corrected chi connectivity index (χ0v) is 17.9. The van der Waals surface area contributed by atoms with Crippen LogP contribution in [0.25, 0.3) is 22.2 Å². The second-order valence-electron chi connectivity index (χ2n) is 7.69. The van der Waals surface area contributed by atoms with Crippen molar-refractivity contribution in [2.75, 3.05) is 15.4 Å². The van der Waals surface area contributed by atoms with Gasteiger partial charge in [-0.3, -0.25) is 14.4 Å². The third-order valence-corrected chi connectivity index (χ3v) is 6.69. The maximum absolute atomic E-state index is 14.0. The van der Waals surface area contributed by atoms with Gasteiger partial charge in [-0.25, -0.2) is 13.4 Å². The van der Waals surface area contributed by atoms with Crippen molar-refractivity contribution < 1.29 is 26.4 Å². The molecular weight excluding hydrogens is 445 g/mol. The van der Waals surface area contributed by atoms with Crippen molar-refractivity contribution in [3.05, 3.63) is 42.1 Å². The Morgan fingerprint density at radius 2 is 1.97 bits per heavy atom. The first kappa shape index (κ1) is 22.1. The van der Waals surface area contributed by atoms with Crippen molar-refractivity contribution in [3.8, 4) is 11.1 Å². The van der Waals surface area contributed by atoms with Crippen LogP contribution in [-0.4, -0.2) is 36.6 Å². The lowest BCUT2D eigenvalue weighted by Gasteiger charge is -2.19. The summed E-state index contributed by atoms with van der Waals surface area (Å²) in [5.74, 6) is 0.0598. The van der Waals surface area contributed by atoms with Gasteiger partial charge in [0.05, 0.1) is 11.3 Å². The Hall–Kier alpha value is -3.08. The number of anilines is 2. The second-order valence-corrected chi connectivity index (χ2v) is 9.53. The number of aromatic nitrogens is 2. The molecule has 7 nitrogen and oxygen atoms in total. The van der Waals surface area contributed by atoms with Gasteiger partial charge in [-0.1, -0.05) is 13.0 Å². The van der Waals surface area contributed by atoms with E-state index in [4.69, 9.17) is 0 Å². The third-order valence-electron chi connectivity index (χ3n) is 5.19. The minimum atomic E-state index is -4.74. The van der Waals surface area contributed by atoms with Crippen LogP contribution in [0.4, 0.5) is 24.7 Å². The monoisotopic (exact) mass is 466 g/mol. The molecule has 0 aliphatic heterocycles. The molecule has 0 atom stereocenters. The predicted molar refractivity (Wildman–Crippen MR) is 116 cm³/mol. The number of rotatable bonds is 8. The van der Waals surface area contributed by atoms with Gasteiger partial charge in [-0.05, 0) is 54.7 Å². The summed E-state index contributed by atoms with van der Waals surface area (Å²) in [6.07, 6.45) is -0.603. The quantitative estimate of drug-likeness (QED) is 0.477. The molecule has 4 rings (SSSR count). The number of nitrogens with zero attached hydrogens (tertiary/aromatic N) is 2. The first-order chi connectivity index (χ1) is 15.1. The molecule has 3 aromatic rings. The molecule has 32 heavy (non-hydrogen) atoms. The standard InChI is InChI=1S/C21H21F3N4O3S/c1-2-9-32(30,31)27-13-3-6-15(18(10-13)21(22,23)24)17-11-19(28(12-29)14-4-5-14)26-20-16(17)7-8-25-20/h3,6-8,10-12,14,27H,2,4-5,9H2,1H3,(H,25,26). The predicted octanol–water partition coefficient (Wildman–Crippen LogP) is 4.53. The number of aromatic amines is 1. The summed E-state index contributed by atoms with van der Waals surface area (Å²) in [5.41, 5.74) is -0.690. The van der Waals surface area contributed by atoms with E-state index in [0.717, 1.165) is 18.9 Å². The highest BCUT2D eigenvalue weighted by Gasteiger charge is 2.36. The molecule has 170 valence electrons. The molecule has 1 fully saturated rings. The summed E-state index contributed by atoms with van der Waals surface area (Å²) in [5, 5.41) is 0.459. The number of carbonyl (C=O) groups is 1. The van der Waals surface area contributed by atoms with Crippen LogP contribution in [0.3, 0.4) is 0 Å². The van der Waals surface area contributed by atoms with Crippen LogP contribution in [0.5, 0.6) is 0 Å². The van der Waals surface area contributed by atoms with Crippen LogP contribution < -0.4 is 9.62 Å². The molecule has 1 aliphatic carbocycles. The van der Waals surface area contributed by atoms with E-state index in [2.05, 4.69) is 14.7 Å². The fraction of sp³-hybridized carbons (Fsp3) is 0.333. The first-order valence-electron chi connectivity index (χ1n) is 10.1. The Labute approximate surface area is 182 Å². The summed E-state index contributed by atoms with van der Waals surface area (Å²) in [7, 11) is -3.75. The molecule has 1 aromatic carbocycles. The van der Waals surface area contributed by atoms with Crippen molar-refractivity contribution in [1.82, 2.24) is 9.97 Å². The van der Waals surface area contributed by atoms with Crippen molar-refractivity contribution >= 4 is 39.0 Å². The van der Waals surface area contributed by atoms with Gasteiger partial charge < -0.3 is 4.98 Å². The van der Waals surface area contributed by atoms with Crippen molar-refractivity contribution in [3.63, 3.8) is 0 Å². The number of hydrogen-bond acceptors (Lipinski definition) is 4. The van der Waals surface area contributed by atoms with Gasteiger partial charge in [0.15, 0.2) is 0 Å². The Morgan fingerprint density at radius 1 is 1.22 bits per heavy atom. The number of halogens is 3. The van der Waals surface area contributed by atoms with E-state index in [-0.39, 0.29) is 34.4 Å². The number of benzene rings is 1. The lowest BCUT2D eigenvalue weighted by Crippen LogP contribution is -2.24. The van der Waals surface area contributed by atoms with E-state index in [1.165, 1.54) is 23.1 Å². The maximum atomic E-state index is 14.0. The summed E-state index contributed by atoms with van der Waals surface area (Å²) < 4.78 is 68.3. The smallest absolute Gasteiger partial charge is 0.346 e. The Bertz CT molecular complexity index is 1270. The van der Waals surface area contributed by atoms with Gasteiger partial charge in [0, 0.05) is 23.3 Å². The van der Waals surface area contributed by atoms with Gasteiger partial charge >= 0.3 is 6.18 Å². The van der Waals surface area contributed by atoms with E-state index < -0.39 is 21.8 Å². The Morgan fingerprint density at radius 3 is 2.59 bits per heavy atom. The lowest BCUT2D eigenvalue weighted by atomic mass is 9.97. The molecule has 1 saturated carbocycles. The number of fused-ring (bicyclic) bond motifs is 1. The van der Waals surface area contributed by atoms with E-state index in [0.29, 0.717) is 23.9 Å². The van der Waals surface area contributed by atoms with Crippen LogP contribution in [-0.2, 0) is 21.0 Å². The zero-order valence-electron chi connectivity index (χ0n) is 17.1. The van der Waals surface area contributed by atoms with Gasteiger partial charge in [0.25, 0.3) is 0 Å². The maximum Gasteiger partial charge on any atom is 0.417 e. The molecule has 0 radical (unpaired) electrons. The summed E-state index contributed by atoms with van der Waals surface area (Å²) >= 11 is 0. The van der Waals surface area contributed by atoms with Crippen LogP contribution in [0.15, 0.2) is 36.5 Å². The number of carbonyl (C=O) groups excluding carboxylic acids is 1. The molecule has 2 aromatic heterocycles. The van der Waals surface area contributed by atoms with E-state index >= 15 is 0 Å². The lowest BCUT2D eigenvalue weighted by molar-refractivity contribution is -0.137. The highest BCUT2D eigenvalue weighted by atomic mass is 32.2. The number of alkyl halides is 3. The topological polar surface area (TPSA) is 95.2 Å². The largest absolute Gasteiger partial charge is 0.417 e. The highest BCUT2D eigenvalue weighted by molar-refractivity contribution is 7.92.